The zero-order chi connectivity index (χ0) is 12.3. The van der Waals surface area contributed by atoms with E-state index in [1.807, 2.05) is 28.7 Å². The van der Waals surface area contributed by atoms with Crippen LogP contribution >= 0.6 is 35.7 Å². The highest BCUT2D eigenvalue weighted by Gasteiger charge is 1.96. The molecule has 1 heterocycles. The van der Waals surface area contributed by atoms with Crippen LogP contribution in [0.2, 0.25) is 0 Å². The van der Waals surface area contributed by atoms with Gasteiger partial charge in [-0.15, -0.1) is 24.0 Å². The lowest BCUT2D eigenvalue weighted by Gasteiger charge is -2.11. The van der Waals surface area contributed by atoms with E-state index in [1.165, 1.54) is 0 Å². The third-order valence-corrected chi connectivity index (χ3v) is 2.85. The zero-order valence-corrected chi connectivity index (χ0v) is 14.1. The topological polar surface area (TPSA) is 54.2 Å². The van der Waals surface area contributed by atoms with Gasteiger partial charge in [0, 0.05) is 44.8 Å². The Hall–Kier alpha value is -0.440. The summed E-state index contributed by atoms with van der Waals surface area (Å²) in [6.07, 6.45) is 6.91. The third-order valence-electron chi connectivity index (χ3n) is 2.24. The molecule has 7 heteroatoms. The van der Waals surface area contributed by atoms with Gasteiger partial charge in [-0.1, -0.05) is 0 Å². The van der Waals surface area contributed by atoms with Crippen molar-refractivity contribution in [3.8, 4) is 0 Å². The van der Waals surface area contributed by atoms with Crippen LogP contribution in [0.4, 0.5) is 0 Å². The molecule has 0 aromatic carbocycles. The fraction of sp³-hybridized carbons (Fsp3) is 0.636. The highest BCUT2D eigenvalue weighted by atomic mass is 127. The molecule has 0 saturated heterocycles. The lowest BCUT2D eigenvalue weighted by atomic mass is 10.4. The van der Waals surface area contributed by atoms with E-state index in [0.717, 1.165) is 37.8 Å². The van der Waals surface area contributed by atoms with Gasteiger partial charge in [0.15, 0.2) is 5.96 Å². The third kappa shape index (κ3) is 7.80. The fourth-order valence-corrected chi connectivity index (χ4v) is 1.68. The Morgan fingerprint density at radius 1 is 1.39 bits per heavy atom. The molecule has 18 heavy (non-hydrogen) atoms. The molecule has 0 saturated carbocycles. The van der Waals surface area contributed by atoms with Gasteiger partial charge in [0.2, 0.25) is 0 Å². The summed E-state index contributed by atoms with van der Waals surface area (Å²) < 4.78 is 1.94. The quantitative estimate of drug-likeness (QED) is 0.324. The van der Waals surface area contributed by atoms with Gasteiger partial charge in [-0.3, -0.25) is 9.67 Å². The van der Waals surface area contributed by atoms with Crippen molar-refractivity contribution in [1.29, 1.82) is 0 Å². The number of aliphatic imine (C=N–C) groups is 1. The molecular formula is C11H22IN5S. The second kappa shape index (κ2) is 11.6. The summed E-state index contributed by atoms with van der Waals surface area (Å²) in [5.41, 5.74) is 0. The number of aromatic nitrogens is 2. The van der Waals surface area contributed by atoms with E-state index in [4.69, 9.17) is 0 Å². The number of aryl methyl sites for hydroxylation is 1. The number of nitrogens with one attached hydrogen (secondary N) is 2. The summed E-state index contributed by atoms with van der Waals surface area (Å²) in [5.74, 6) is 1.97. The normalized spacial score (nSPS) is 10.9. The molecule has 0 atom stereocenters. The van der Waals surface area contributed by atoms with Crippen molar-refractivity contribution in [2.24, 2.45) is 4.99 Å². The second-order valence-corrected chi connectivity index (χ2v) is 4.53. The molecular weight excluding hydrogens is 361 g/mol. The number of hydrogen-bond acceptors (Lipinski definition) is 3. The number of halogens is 1. The number of hydrogen-bond donors (Lipinski definition) is 2. The molecule has 0 spiro atoms. The van der Waals surface area contributed by atoms with E-state index < -0.39 is 0 Å². The van der Waals surface area contributed by atoms with E-state index >= 15 is 0 Å². The number of guanidine groups is 1. The monoisotopic (exact) mass is 383 g/mol. The van der Waals surface area contributed by atoms with Crippen LogP contribution < -0.4 is 10.6 Å². The van der Waals surface area contributed by atoms with Gasteiger partial charge in [-0.2, -0.15) is 16.9 Å². The first-order valence-electron chi connectivity index (χ1n) is 5.77. The first-order valence-corrected chi connectivity index (χ1v) is 7.17. The van der Waals surface area contributed by atoms with Gasteiger partial charge in [0.1, 0.15) is 0 Å². The van der Waals surface area contributed by atoms with Crippen molar-refractivity contribution < 1.29 is 0 Å². The average Bonchev–Trinajstić information content (AvgIpc) is 2.85. The van der Waals surface area contributed by atoms with Gasteiger partial charge in [-0.05, 0) is 18.7 Å². The Balaban J connectivity index is 0.00000289. The molecule has 0 aliphatic carbocycles. The summed E-state index contributed by atoms with van der Waals surface area (Å²) in [5, 5.41) is 10.7. The zero-order valence-electron chi connectivity index (χ0n) is 10.9. The van der Waals surface area contributed by atoms with E-state index in [-0.39, 0.29) is 24.0 Å². The molecule has 0 aliphatic heterocycles. The van der Waals surface area contributed by atoms with Crippen LogP contribution in [0.1, 0.15) is 6.42 Å². The first-order chi connectivity index (χ1) is 8.36. The highest BCUT2D eigenvalue weighted by molar-refractivity contribution is 14.0. The Bertz CT molecular complexity index is 315. The van der Waals surface area contributed by atoms with Crippen LogP contribution in [-0.2, 0) is 6.54 Å². The first kappa shape index (κ1) is 17.6. The minimum absolute atomic E-state index is 0. The van der Waals surface area contributed by atoms with Crippen molar-refractivity contribution >= 4 is 41.7 Å². The van der Waals surface area contributed by atoms with Gasteiger partial charge < -0.3 is 10.6 Å². The van der Waals surface area contributed by atoms with Crippen molar-refractivity contribution in [3.63, 3.8) is 0 Å². The van der Waals surface area contributed by atoms with Crippen LogP contribution in [0.3, 0.4) is 0 Å². The number of rotatable bonds is 7. The molecule has 0 bridgehead atoms. The number of nitrogens with zero attached hydrogens (tertiary/aromatic N) is 3. The summed E-state index contributed by atoms with van der Waals surface area (Å²) >= 11 is 1.82. The Labute approximate surface area is 130 Å². The standard InChI is InChI=1S/C11H21N5S.HI/c1-12-11(14-7-10-17-2)13-5-3-8-16-9-4-6-15-16;/h4,6,9H,3,5,7-8,10H2,1-2H3,(H2,12,13,14);1H. The van der Waals surface area contributed by atoms with Crippen molar-refractivity contribution in [3.05, 3.63) is 18.5 Å². The lowest BCUT2D eigenvalue weighted by Crippen LogP contribution is -2.39. The van der Waals surface area contributed by atoms with Crippen LogP contribution in [0.15, 0.2) is 23.5 Å². The molecule has 0 radical (unpaired) electrons. The van der Waals surface area contributed by atoms with Crippen LogP contribution in [0.25, 0.3) is 0 Å². The van der Waals surface area contributed by atoms with Gasteiger partial charge in [0.25, 0.3) is 0 Å². The fourth-order valence-electron chi connectivity index (χ4n) is 1.37. The minimum Gasteiger partial charge on any atom is -0.356 e. The molecule has 5 nitrogen and oxygen atoms in total. The van der Waals surface area contributed by atoms with Crippen LogP contribution in [-0.4, -0.2) is 47.9 Å². The molecule has 1 aromatic rings. The van der Waals surface area contributed by atoms with Crippen molar-refractivity contribution in [2.75, 3.05) is 32.1 Å². The van der Waals surface area contributed by atoms with E-state index in [1.54, 1.807) is 13.2 Å². The smallest absolute Gasteiger partial charge is 0.191 e. The lowest BCUT2D eigenvalue weighted by molar-refractivity contribution is 0.570. The van der Waals surface area contributed by atoms with Gasteiger partial charge >= 0.3 is 0 Å². The Morgan fingerprint density at radius 2 is 2.17 bits per heavy atom. The maximum absolute atomic E-state index is 4.16. The van der Waals surface area contributed by atoms with Gasteiger partial charge in [0.05, 0.1) is 0 Å². The maximum atomic E-state index is 4.16. The van der Waals surface area contributed by atoms with Crippen LogP contribution in [0, 0.1) is 0 Å². The van der Waals surface area contributed by atoms with Gasteiger partial charge in [-0.25, -0.2) is 0 Å². The molecule has 0 aliphatic rings. The molecule has 2 N–H and O–H groups in total. The predicted molar refractivity (Wildman–Crippen MR) is 90.0 cm³/mol. The highest BCUT2D eigenvalue weighted by Crippen LogP contribution is 1.89. The molecule has 0 unspecified atom stereocenters. The maximum Gasteiger partial charge on any atom is 0.191 e. The summed E-state index contributed by atoms with van der Waals surface area (Å²) in [6.45, 7) is 2.78. The Morgan fingerprint density at radius 3 is 2.78 bits per heavy atom. The summed E-state index contributed by atoms with van der Waals surface area (Å²) in [6, 6.07) is 1.94. The number of thioether (sulfide) groups is 1. The molecule has 1 aromatic heterocycles. The van der Waals surface area contributed by atoms with E-state index in [2.05, 4.69) is 27.0 Å². The average molecular weight is 383 g/mol. The van der Waals surface area contributed by atoms with Crippen LogP contribution in [0.5, 0.6) is 0 Å². The minimum atomic E-state index is 0. The largest absolute Gasteiger partial charge is 0.356 e. The Kier molecular flexibility index (Phi) is 11.4. The molecule has 0 amide bonds. The molecule has 104 valence electrons. The second-order valence-electron chi connectivity index (χ2n) is 3.54. The summed E-state index contributed by atoms with van der Waals surface area (Å²) in [4.78, 5) is 4.16. The molecule has 1 rings (SSSR count). The SMILES string of the molecule is CN=C(NCCCn1cccn1)NCCSC.I. The predicted octanol–water partition coefficient (Wildman–Crippen LogP) is 1.42. The molecule has 0 fully saturated rings. The van der Waals surface area contributed by atoms with E-state index in [9.17, 15) is 0 Å². The summed E-state index contributed by atoms with van der Waals surface area (Å²) in [7, 11) is 1.79. The van der Waals surface area contributed by atoms with E-state index in [0.29, 0.717) is 0 Å². The van der Waals surface area contributed by atoms with Crippen molar-refractivity contribution in [2.45, 2.75) is 13.0 Å². The van der Waals surface area contributed by atoms with Crippen molar-refractivity contribution in [1.82, 2.24) is 20.4 Å².